The molecule has 0 radical (unpaired) electrons. The Morgan fingerprint density at radius 1 is 1.63 bits per heavy atom. The van der Waals surface area contributed by atoms with Crippen LogP contribution in [0.4, 0.5) is 5.00 Å². The van der Waals surface area contributed by atoms with Crippen molar-refractivity contribution in [1.29, 1.82) is 0 Å². The van der Waals surface area contributed by atoms with Crippen LogP contribution in [-0.2, 0) is 16.1 Å². The molecule has 1 saturated heterocycles. The van der Waals surface area contributed by atoms with E-state index in [9.17, 15) is 14.9 Å². The molecule has 0 aliphatic carbocycles. The van der Waals surface area contributed by atoms with Crippen molar-refractivity contribution in [3.05, 3.63) is 27.1 Å². The van der Waals surface area contributed by atoms with E-state index in [1.54, 1.807) is 6.07 Å². The van der Waals surface area contributed by atoms with E-state index >= 15 is 0 Å². The summed E-state index contributed by atoms with van der Waals surface area (Å²) in [5.74, 6) is -0.876. The van der Waals surface area contributed by atoms with E-state index in [0.29, 0.717) is 26.2 Å². The summed E-state index contributed by atoms with van der Waals surface area (Å²) in [4.78, 5) is 23.8. The number of aliphatic carboxylic acids is 1. The van der Waals surface area contributed by atoms with Crippen molar-refractivity contribution in [3.63, 3.8) is 0 Å². The number of hydrogen-bond donors (Lipinski definition) is 1. The average molecular weight is 286 g/mol. The summed E-state index contributed by atoms with van der Waals surface area (Å²) in [6.07, 6.45) is -0.317. The number of carboxylic acid groups (broad SMARTS) is 1. The van der Waals surface area contributed by atoms with Gasteiger partial charge in [0.05, 0.1) is 24.1 Å². The minimum Gasteiger partial charge on any atom is -0.481 e. The summed E-state index contributed by atoms with van der Waals surface area (Å²) >= 11 is 1.15. The predicted octanol–water partition coefficient (Wildman–Crippen LogP) is 1.33. The number of carboxylic acids is 1. The molecule has 1 unspecified atom stereocenters. The van der Waals surface area contributed by atoms with Gasteiger partial charge in [0.25, 0.3) is 0 Å². The highest BCUT2D eigenvalue weighted by atomic mass is 32.1. The Morgan fingerprint density at radius 3 is 3.05 bits per heavy atom. The molecule has 1 aromatic rings. The van der Waals surface area contributed by atoms with Gasteiger partial charge in [0.15, 0.2) is 0 Å². The van der Waals surface area contributed by atoms with E-state index in [4.69, 9.17) is 9.84 Å². The standard InChI is InChI=1S/C11H14N2O5S/c14-11(15)5-8-6-12(3-4-18-8)7-9-1-2-10(19-9)13(16)17/h1-2,8H,3-7H2,(H,14,15). The second-order valence-electron chi connectivity index (χ2n) is 4.32. The molecule has 1 aliphatic rings. The number of nitrogens with zero attached hydrogens (tertiary/aromatic N) is 2. The molecule has 1 aliphatic heterocycles. The molecule has 2 rings (SSSR count). The van der Waals surface area contributed by atoms with E-state index in [1.165, 1.54) is 6.07 Å². The molecule has 2 heterocycles. The van der Waals surface area contributed by atoms with Gasteiger partial charge in [0.2, 0.25) is 0 Å². The van der Waals surface area contributed by atoms with Gasteiger partial charge >= 0.3 is 11.0 Å². The summed E-state index contributed by atoms with van der Waals surface area (Å²) in [6, 6.07) is 3.24. The molecule has 0 bridgehead atoms. The van der Waals surface area contributed by atoms with Gasteiger partial charge in [-0.2, -0.15) is 0 Å². The molecule has 19 heavy (non-hydrogen) atoms. The Kier molecular flexibility index (Phi) is 4.46. The molecular weight excluding hydrogens is 272 g/mol. The van der Waals surface area contributed by atoms with Crippen LogP contribution in [0, 0.1) is 10.1 Å². The molecule has 1 N–H and O–H groups in total. The number of ether oxygens (including phenoxy) is 1. The number of thiophene rings is 1. The molecule has 0 amide bonds. The molecular formula is C11H14N2O5S. The summed E-state index contributed by atoms with van der Waals surface area (Å²) in [7, 11) is 0. The monoisotopic (exact) mass is 286 g/mol. The Bertz CT molecular complexity index is 475. The Hall–Kier alpha value is -1.51. The summed E-state index contributed by atoms with van der Waals surface area (Å²) in [5.41, 5.74) is 0. The number of morpholine rings is 1. The highest BCUT2D eigenvalue weighted by molar-refractivity contribution is 7.15. The quantitative estimate of drug-likeness (QED) is 0.648. The molecule has 0 spiro atoms. The zero-order chi connectivity index (χ0) is 13.8. The Labute approximate surface area is 113 Å². The third-order valence-electron chi connectivity index (χ3n) is 2.83. The van der Waals surface area contributed by atoms with Gasteiger partial charge in [-0.3, -0.25) is 19.8 Å². The number of carbonyl (C=O) groups is 1. The smallest absolute Gasteiger partial charge is 0.324 e. The van der Waals surface area contributed by atoms with Gasteiger partial charge in [-0.15, -0.1) is 0 Å². The van der Waals surface area contributed by atoms with E-state index < -0.39 is 10.9 Å². The minimum absolute atomic E-state index is 0.0128. The van der Waals surface area contributed by atoms with Crippen molar-refractivity contribution in [2.24, 2.45) is 0 Å². The second-order valence-corrected chi connectivity index (χ2v) is 5.47. The zero-order valence-corrected chi connectivity index (χ0v) is 11.0. The van der Waals surface area contributed by atoms with Crippen molar-refractivity contribution in [3.8, 4) is 0 Å². The lowest BCUT2D eigenvalue weighted by Crippen LogP contribution is -2.42. The number of nitro groups is 1. The van der Waals surface area contributed by atoms with Crippen LogP contribution in [-0.4, -0.2) is 46.7 Å². The van der Waals surface area contributed by atoms with Gasteiger partial charge in [-0.1, -0.05) is 11.3 Å². The van der Waals surface area contributed by atoms with Crippen LogP contribution in [0.25, 0.3) is 0 Å². The highest BCUT2D eigenvalue weighted by Gasteiger charge is 2.23. The SMILES string of the molecule is O=C(O)CC1CN(Cc2ccc([N+](=O)[O-])s2)CCO1. The predicted molar refractivity (Wildman–Crippen MR) is 68.2 cm³/mol. The first-order chi connectivity index (χ1) is 9.04. The van der Waals surface area contributed by atoms with Crippen LogP contribution < -0.4 is 0 Å². The van der Waals surface area contributed by atoms with Crippen LogP contribution in [0.3, 0.4) is 0 Å². The summed E-state index contributed by atoms with van der Waals surface area (Å²) in [5, 5.41) is 19.5. The van der Waals surface area contributed by atoms with E-state index in [0.717, 1.165) is 16.2 Å². The van der Waals surface area contributed by atoms with E-state index in [2.05, 4.69) is 4.90 Å². The second kappa shape index (κ2) is 6.09. The number of hydrogen-bond acceptors (Lipinski definition) is 6. The average Bonchev–Trinajstić information content (AvgIpc) is 2.77. The van der Waals surface area contributed by atoms with Crippen LogP contribution in [0.15, 0.2) is 12.1 Å². The molecule has 7 nitrogen and oxygen atoms in total. The van der Waals surface area contributed by atoms with Crippen molar-refractivity contribution >= 4 is 22.3 Å². The summed E-state index contributed by atoms with van der Waals surface area (Å²) in [6.45, 7) is 2.34. The van der Waals surface area contributed by atoms with Crippen molar-refractivity contribution in [2.45, 2.75) is 19.1 Å². The first kappa shape index (κ1) is 13.9. The van der Waals surface area contributed by atoms with Gasteiger partial charge in [0.1, 0.15) is 0 Å². The molecule has 1 atom stereocenters. The molecule has 1 fully saturated rings. The Morgan fingerprint density at radius 2 is 2.42 bits per heavy atom. The fourth-order valence-electron chi connectivity index (χ4n) is 2.01. The lowest BCUT2D eigenvalue weighted by atomic mass is 10.2. The lowest BCUT2D eigenvalue weighted by Gasteiger charge is -2.31. The normalized spacial score (nSPS) is 20.3. The van der Waals surface area contributed by atoms with Crippen LogP contribution >= 0.6 is 11.3 Å². The van der Waals surface area contributed by atoms with Crippen LogP contribution in [0.2, 0.25) is 0 Å². The third kappa shape index (κ3) is 3.98. The van der Waals surface area contributed by atoms with Crippen LogP contribution in [0.1, 0.15) is 11.3 Å². The van der Waals surface area contributed by atoms with Gasteiger partial charge in [-0.25, -0.2) is 0 Å². The molecule has 0 aromatic carbocycles. The third-order valence-corrected chi connectivity index (χ3v) is 3.85. The van der Waals surface area contributed by atoms with Crippen molar-refractivity contribution < 1.29 is 19.6 Å². The lowest BCUT2D eigenvalue weighted by molar-refractivity contribution is -0.380. The van der Waals surface area contributed by atoms with Crippen LogP contribution in [0.5, 0.6) is 0 Å². The molecule has 8 heteroatoms. The largest absolute Gasteiger partial charge is 0.481 e. The fraction of sp³-hybridized carbons (Fsp3) is 0.545. The number of rotatable bonds is 5. The minimum atomic E-state index is -0.876. The topological polar surface area (TPSA) is 92.9 Å². The molecule has 1 aromatic heterocycles. The van der Waals surface area contributed by atoms with Gasteiger partial charge in [0, 0.05) is 30.6 Å². The maximum Gasteiger partial charge on any atom is 0.324 e. The maximum absolute atomic E-state index is 10.6. The van der Waals surface area contributed by atoms with Gasteiger partial charge in [-0.05, 0) is 6.07 Å². The summed E-state index contributed by atoms with van der Waals surface area (Å²) < 4.78 is 5.37. The molecule has 0 saturated carbocycles. The first-order valence-electron chi connectivity index (χ1n) is 5.83. The van der Waals surface area contributed by atoms with Crippen molar-refractivity contribution in [2.75, 3.05) is 19.7 Å². The van der Waals surface area contributed by atoms with E-state index in [1.807, 2.05) is 0 Å². The fourth-order valence-corrected chi connectivity index (χ4v) is 2.87. The maximum atomic E-state index is 10.6. The molecule has 104 valence electrons. The van der Waals surface area contributed by atoms with Gasteiger partial charge < -0.3 is 9.84 Å². The first-order valence-corrected chi connectivity index (χ1v) is 6.65. The Balaban J connectivity index is 1.90. The highest BCUT2D eigenvalue weighted by Crippen LogP contribution is 2.25. The van der Waals surface area contributed by atoms with E-state index in [-0.39, 0.29) is 17.5 Å². The zero-order valence-electron chi connectivity index (χ0n) is 10.2. The van der Waals surface area contributed by atoms with Crippen molar-refractivity contribution in [1.82, 2.24) is 4.90 Å².